The van der Waals surface area contributed by atoms with Crippen molar-refractivity contribution in [3.63, 3.8) is 0 Å². The van der Waals surface area contributed by atoms with Gasteiger partial charge in [0.05, 0.1) is 13.2 Å². The van der Waals surface area contributed by atoms with Crippen molar-refractivity contribution in [1.29, 1.82) is 0 Å². The quantitative estimate of drug-likeness (QED) is 0.690. The van der Waals surface area contributed by atoms with E-state index in [9.17, 15) is 18.0 Å². The van der Waals surface area contributed by atoms with E-state index in [4.69, 9.17) is 4.74 Å². The first-order chi connectivity index (χ1) is 10.4. The van der Waals surface area contributed by atoms with Gasteiger partial charge in [-0.05, 0) is 13.3 Å². The predicted molar refractivity (Wildman–Crippen MR) is 79.2 cm³/mol. The summed E-state index contributed by atoms with van der Waals surface area (Å²) in [6.45, 7) is 7.22. The van der Waals surface area contributed by atoms with Gasteiger partial charge in [0.25, 0.3) is 0 Å². The molecule has 8 nitrogen and oxygen atoms in total. The van der Waals surface area contributed by atoms with Crippen molar-refractivity contribution in [2.24, 2.45) is 0 Å². The summed E-state index contributed by atoms with van der Waals surface area (Å²) in [5, 5.41) is 0.769. The van der Waals surface area contributed by atoms with E-state index in [0.29, 0.717) is 39.3 Å². The van der Waals surface area contributed by atoms with Crippen molar-refractivity contribution in [1.82, 2.24) is 14.5 Å². The maximum Gasteiger partial charge on any atom is 0.245 e. The second kappa shape index (κ2) is 6.76. The van der Waals surface area contributed by atoms with Crippen molar-refractivity contribution in [3.8, 4) is 0 Å². The van der Waals surface area contributed by atoms with Gasteiger partial charge in [-0.1, -0.05) is 6.58 Å². The van der Waals surface area contributed by atoms with Crippen LogP contribution in [0.2, 0.25) is 0 Å². The van der Waals surface area contributed by atoms with Crippen molar-refractivity contribution in [2.75, 3.05) is 32.8 Å². The second-order valence-electron chi connectivity index (χ2n) is 5.32. The highest BCUT2D eigenvalue weighted by Crippen LogP contribution is 2.17. The van der Waals surface area contributed by atoms with Crippen LogP contribution in [0.15, 0.2) is 12.0 Å². The van der Waals surface area contributed by atoms with Crippen LogP contribution >= 0.6 is 0 Å². The van der Waals surface area contributed by atoms with E-state index >= 15 is 0 Å². The standard InChI is InChI=1S/C13H21N3O5S/c1-3-22(19,20)14-11-4-5-16(13(11)18)10(2)12(17)15-6-8-21-9-7-15/h3,10-11,14H,1,4-9H2,2H3/t10-,11?/m0/s1. The van der Waals surface area contributed by atoms with Crippen LogP contribution in [0.3, 0.4) is 0 Å². The van der Waals surface area contributed by atoms with Gasteiger partial charge in [0, 0.05) is 25.0 Å². The van der Waals surface area contributed by atoms with E-state index in [1.54, 1.807) is 11.8 Å². The highest BCUT2D eigenvalue weighted by Gasteiger charge is 2.39. The number of nitrogens with zero attached hydrogens (tertiary/aromatic N) is 2. The third-order valence-electron chi connectivity index (χ3n) is 3.91. The fourth-order valence-electron chi connectivity index (χ4n) is 2.62. The highest BCUT2D eigenvalue weighted by atomic mass is 32.2. The largest absolute Gasteiger partial charge is 0.378 e. The molecule has 0 aliphatic carbocycles. The summed E-state index contributed by atoms with van der Waals surface area (Å²) in [4.78, 5) is 27.8. The Balaban J connectivity index is 1.99. The zero-order valence-corrected chi connectivity index (χ0v) is 13.3. The lowest BCUT2D eigenvalue weighted by Crippen LogP contribution is -2.52. The van der Waals surface area contributed by atoms with Crippen LogP contribution in [0.5, 0.6) is 0 Å². The summed E-state index contributed by atoms with van der Waals surface area (Å²) in [5.41, 5.74) is 0. The van der Waals surface area contributed by atoms with Gasteiger partial charge in [0.15, 0.2) is 0 Å². The number of carbonyl (C=O) groups is 2. The van der Waals surface area contributed by atoms with E-state index in [-0.39, 0.29) is 11.8 Å². The van der Waals surface area contributed by atoms with Gasteiger partial charge >= 0.3 is 0 Å². The average molecular weight is 331 g/mol. The molecule has 2 amide bonds. The number of hydrogen-bond acceptors (Lipinski definition) is 5. The molecule has 9 heteroatoms. The number of morpholine rings is 1. The normalized spacial score (nSPS) is 24.4. The Bertz CT molecular complexity index is 556. The van der Waals surface area contributed by atoms with Gasteiger partial charge in [0.2, 0.25) is 21.8 Å². The topological polar surface area (TPSA) is 96.0 Å². The first-order valence-electron chi connectivity index (χ1n) is 7.17. The number of likely N-dealkylation sites (tertiary alicyclic amines) is 1. The van der Waals surface area contributed by atoms with Crippen LogP contribution in [-0.4, -0.2) is 75.0 Å². The molecule has 0 aromatic carbocycles. The molecular weight excluding hydrogens is 310 g/mol. The fraction of sp³-hybridized carbons (Fsp3) is 0.692. The minimum Gasteiger partial charge on any atom is -0.378 e. The number of sulfonamides is 1. The Morgan fingerprint density at radius 3 is 2.64 bits per heavy atom. The number of hydrogen-bond donors (Lipinski definition) is 1. The van der Waals surface area contributed by atoms with E-state index < -0.39 is 22.1 Å². The predicted octanol–water partition coefficient (Wildman–Crippen LogP) is -1.10. The SMILES string of the molecule is C=CS(=O)(=O)NC1CCN([C@@H](C)C(=O)N2CCOCC2)C1=O. The van der Waals surface area contributed by atoms with Gasteiger partial charge < -0.3 is 14.5 Å². The Kier molecular flexibility index (Phi) is 5.20. The maximum absolute atomic E-state index is 12.4. The van der Waals surface area contributed by atoms with E-state index in [1.165, 1.54) is 4.90 Å². The molecule has 2 saturated heterocycles. The smallest absolute Gasteiger partial charge is 0.245 e. The third kappa shape index (κ3) is 3.65. The minimum atomic E-state index is -3.67. The number of rotatable bonds is 5. The van der Waals surface area contributed by atoms with E-state index in [2.05, 4.69) is 11.3 Å². The molecule has 2 atom stereocenters. The molecule has 0 aromatic rings. The van der Waals surface area contributed by atoms with Crippen molar-refractivity contribution in [2.45, 2.75) is 25.4 Å². The molecule has 2 rings (SSSR count). The van der Waals surface area contributed by atoms with Gasteiger partial charge in [-0.2, -0.15) is 4.72 Å². The summed E-state index contributed by atoms with van der Waals surface area (Å²) in [5.74, 6) is -0.511. The lowest BCUT2D eigenvalue weighted by atomic mass is 10.2. The molecule has 0 radical (unpaired) electrons. The van der Waals surface area contributed by atoms with Crippen LogP contribution in [0.25, 0.3) is 0 Å². The summed E-state index contributed by atoms with van der Waals surface area (Å²) in [7, 11) is -3.67. The molecule has 1 N–H and O–H groups in total. The molecule has 2 aliphatic rings. The minimum absolute atomic E-state index is 0.135. The Hall–Kier alpha value is -1.45. The van der Waals surface area contributed by atoms with Crippen LogP contribution in [0, 0.1) is 0 Å². The lowest BCUT2D eigenvalue weighted by molar-refractivity contribution is -0.146. The van der Waals surface area contributed by atoms with Crippen LogP contribution in [0.1, 0.15) is 13.3 Å². The van der Waals surface area contributed by atoms with E-state index in [1.807, 2.05) is 0 Å². The maximum atomic E-state index is 12.4. The van der Waals surface area contributed by atoms with Gasteiger partial charge in [-0.3, -0.25) is 9.59 Å². The molecule has 0 saturated carbocycles. The molecular formula is C13H21N3O5S. The van der Waals surface area contributed by atoms with Crippen molar-refractivity contribution >= 4 is 21.8 Å². The molecule has 0 aromatic heterocycles. The Morgan fingerprint density at radius 2 is 2.05 bits per heavy atom. The Morgan fingerprint density at radius 1 is 1.41 bits per heavy atom. The van der Waals surface area contributed by atoms with Crippen LogP contribution in [0.4, 0.5) is 0 Å². The van der Waals surface area contributed by atoms with Gasteiger partial charge in [-0.25, -0.2) is 8.42 Å². The van der Waals surface area contributed by atoms with Crippen LogP contribution in [-0.2, 0) is 24.3 Å². The fourth-order valence-corrected chi connectivity index (χ4v) is 3.34. The molecule has 22 heavy (non-hydrogen) atoms. The second-order valence-corrected chi connectivity index (χ2v) is 6.98. The molecule has 0 spiro atoms. The molecule has 1 unspecified atom stereocenters. The van der Waals surface area contributed by atoms with E-state index in [0.717, 1.165) is 5.41 Å². The van der Waals surface area contributed by atoms with Crippen molar-refractivity contribution in [3.05, 3.63) is 12.0 Å². The number of ether oxygens (including phenoxy) is 1. The summed E-state index contributed by atoms with van der Waals surface area (Å²) in [6.07, 6.45) is 0.340. The van der Waals surface area contributed by atoms with Gasteiger partial charge in [0.1, 0.15) is 12.1 Å². The third-order valence-corrected chi connectivity index (χ3v) is 4.97. The summed E-state index contributed by atoms with van der Waals surface area (Å²) < 4.78 is 30.4. The van der Waals surface area contributed by atoms with Crippen molar-refractivity contribution < 1.29 is 22.7 Å². The van der Waals surface area contributed by atoms with Gasteiger partial charge in [-0.15, -0.1) is 0 Å². The first-order valence-corrected chi connectivity index (χ1v) is 8.72. The zero-order valence-electron chi connectivity index (χ0n) is 12.5. The highest BCUT2D eigenvalue weighted by molar-refractivity contribution is 7.92. The Labute approximate surface area is 130 Å². The molecule has 2 aliphatic heterocycles. The van der Waals surface area contributed by atoms with Crippen LogP contribution < -0.4 is 4.72 Å². The lowest BCUT2D eigenvalue weighted by Gasteiger charge is -2.32. The average Bonchev–Trinajstić information content (AvgIpc) is 2.87. The zero-order chi connectivity index (χ0) is 16.3. The number of carbonyl (C=O) groups excluding carboxylic acids is 2. The summed E-state index contributed by atoms with van der Waals surface area (Å²) in [6, 6.07) is -1.44. The molecule has 0 bridgehead atoms. The first kappa shape index (κ1) is 16.9. The number of nitrogens with one attached hydrogen (secondary N) is 1. The summed E-state index contributed by atoms with van der Waals surface area (Å²) >= 11 is 0. The molecule has 2 heterocycles. The molecule has 2 fully saturated rings. The number of amides is 2. The molecule has 124 valence electrons. The monoisotopic (exact) mass is 331 g/mol.